The van der Waals surface area contributed by atoms with E-state index in [1.165, 1.54) is 12.8 Å². The number of benzene rings is 1. The third kappa shape index (κ3) is 3.78. The van der Waals surface area contributed by atoms with Gasteiger partial charge in [0.1, 0.15) is 0 Å². The zero-order valence-electron chi connectivity index (χ0n) is 13.3. The highest BCUT2D eigenvalue weighted by Crippen LogP contribution is 2.38. The zero-order valence-corrected chi connectivity index (χ0v) is 14.1. The first-order valence-electron chi connectivity index (χ1n) is 8.33. The van der Waals surface area contributed by atoms with Crippen molar-refractivity contribution in [3.63, 3.8) is 0 Å². The van der Waals surface area contributed by atoms with Crippen LogP contribution >= 0.6 is 0 Å². The first-order chi connectivity index (χ1) is 11.1. The lowest BCUT2D eigenvalue weighted by molar-refractivity contribution is 0.583. The molecule has 23 heavy (non-hydrogen) atoms. The van der Waals surface area contributed by atoms with E-state index in [1.54, 1.807) is 4.31 Å². The third-order valence-corrected chi connectivity index (χ3v) is 6.37. The number of hydrogen-bond acceptors (Lipinski definition) is 4. The van der Waals surface area contributed by atoms with Gasteiger partial charge in [0.25, 0.3) is 0 Å². The Balaban J connectivity index is 1.76. The van der Waals surface area contributed by atoms with E-state index < -0.39 is 10.0 Å². The van der Waals surface area contributed by atoms with Crippen LogP contribution in [0.4, 0.5) is 11.4 Å². The van der Waals surface area contributed by atoms with Crippen molar-refractivity contribution < 1.29 is 8.42 Å². The van der Waals surface area contributed by atoms with Crippen molar-refractivity contribution in [1.29, 1.82) is 5.26 Å². The molecule has 1 fully saturated rings. The number of rotatable bonds is 7. The molecule has 2 aliphatic rings. The maximum Gasteiger partial charge on any atom is 0.235 e. The standard InChI is InChI=1S/C17H23N3O2S/c18-10-4-1-5-13-23(21,22)20-12-11-19(14-15-8-9-15)16-6-2-3-7-17(16)20/h2-3,6-7,15H,1,4-5,8-9,11-14H2. The van der Waals surface area contributed by atoms with Gasteiger partial charge in [0, 0.05) is 19.5 Å². The number of hydrogen-bond donors (Lipinski definition) is 0. The Bertz CT molecular complexity index is 692. The topological polar surface area (TPSA) is 64.4 Å². The number of nitrogens with zero attached hydrogens (tertiary/aromatic N) is 3. The molecule has 1 aromatic rings. The van der Waals surface area contributed by atoms with Gasteiger partial charge in [-0.25, -0.2) is 8.42 Å². The van der Waals surface area contributed by atoms with Crippen LogP contribution in [-0.4, -0.2) is 33.8 Å². The Morgan fingerprint density at radius 3 is 2.57 bits per heavy atom. The minimum Gasteiger partial charge on any atom is -0.368 e. The normalized spacial score (nSPS) is 17.7. The summed E-state index contributed by atoms with van der Waals surface area (Å²) < 4.78 is 26.9. The zero-order chi connectivity index (χ0) is 16.3. The molecule has 0 spiro atoms. The Morgan fingerprint density at radius 1 is 1.13 bits per heavy atom. The molecule has 0 N–H and O–H groups in total. The summed E-state index contributed by atoms with van der Waals surface area (Å²) >= 11 is 0. The second-order valence-electron chi connectivity index (χ2n) is 6.38. The maximum atomic E-state index is 12.7. The van der Waals surface area contributed by atoms with E-state index in [2.05, 4.69) is 11.0 Å². The predicted molar refractivity (Wildman–Crippen MR) is 92.0 cm³/mol. The molecule has 0 bridgehead atoms. The fraction of sp³-hybridized carbons (Fsp3) is 0.588. The van der Waals surface area contributed by atoms with Gasteiger partial charge in [-0.3, -0.25) is 4.31 Å². The van der Waals surface area contributed by atoms with Crippen molar-refractivity contribution in [1.82, 2.24) is 0 Å². The van der Waals surface area contributed by atoms with Gasteiger partial charge in [0.05, 0.1) is 29.7 Å². The molecule has 0 aromatic heterocycles. The molecule has 1 aliphatic heterocycles. The van der Waals surface area contributed by atoms with Gasteiger partial charge >= 0.3 is 0 Å². The fourth-order valence-electron chi connectivity index (χ4n) is 3.08. The molecule has 0 atom stereocenters. The van der Waals surface area contributed by atoms with E-state index in [0.29, 0.717) is 25.8 Å². The van der Waals surface area contributed by atoms with Crippen molar-refractivity contribution in [2.24, 2.45) is 5.92 Å². The van der Waals surface area contributed by atoms with Crippen LogP contribution in [0.25, 0.3) is 0 Å². The lowest BCUT2D eigenvalue weighted by Crippen LogP contribution is -2.45. The highest BCUT2D eigenvalue weighted by atomic mass is 32.2. The summed E-state index contributed by atoms with van der Waals surface area (Å²) in [6, 6.07) is 9.87. The molecule has 0 saturated heterocycles. The summed E-state index contributed by atoms with van der Waals surface area (Å²) in [6.45, 7) is 2.31. The SMILES string of the molecule is N#CCCCCS(=O)(=O)N1CCN(CC2CC2)c2ccccc21. The lowest BCUT2D eigenvalue weighted by atomic mass is 10.2. The highest BCUT2D eigenvalue weighted by molar-refractivity contribution is 7.92. The van der Waals surface area contributed by atoms with E-state index in [9.17, 15) is 8.42 Å². The van der Waals surface area contributed by atoms with E-state index in [4.69, 9.17) is 5.26 Å². The summed E-state index contributed by atoms with van der Waals surface area (Å²) in [5, 5.41) is 8.57. The van der Waals surface area contributed by atoms with Crippen LogP contribution in [-0.2, 0) is 10.0 Å². The average Bonchev–Trinajstić information content (AvgIpc) is 3.36. The quantitative estimate of drug-likeness (QED) is 0.720. The van der Waals surface area contributed by atoms with Crippen LogP contribution < -0.4 is 9.21 Å². The van der Waals surface area contributed by atoms with E-state index >= 15 is 0 Å². The number of fused-ring (bicyclic) bond motifs is 1. The number of anilines is 2. The monoisotopic (exact) mass is 333 g/mol. The molecule has 0 amide bonds. The molecule has 1 saturated carbocycles. The van der Waals surface area contributed by atoms with Gasteiger partial charge in [-0.1, -0.05) is 12.1 Å². The van der Waals surface area contributed by atoms with Crippen LogP contribution in [0.3, 0.4) is 0 Å². The Labute approximate surface area is 138 Å². The first-order valence-corrected chi connectivity index (χ1v) is 9.94. The molecule has 0 radical (unpaired) electrons. The van der Waals surface area contributed by atoms with Crippen molar-refractivity contribution in [2.75, 3.05) is 34.6 Å². The molecule has 0 unspecified atom stereocenters. The molecule has 124 valence electrons. The predicted octanol–water partition coefficient (Wildman–Crippen LogP) is 2.75. The van der Waals surface area contributed by atoms with Gasteiger partial charge in [-0.15, -0.1) is 0 Å². The number of unbranched alkanes of at least 4 members (excludes halogenated alkanes) is 2. The largest absolute Gasteiger partial charge is 0.368 e. The second kappa shape index (κ2) is 6.79. The summed E-state index contributed by atoms with van der Waals surface area (Å²) in [4.78, 5) is 2.33. The van der Waals surface area contributed by atoms with Crippen molar-refractivity contribution >= 4 is 21.4 Å². The second-order valence-corrected chi connectivity index (χ2v) is 8.39. The van der Waals surface area contributed by atoms with Crippen LogP contribution in [0.1, 0.15) is 32.1 Å². The van der Waals surface area contributed by atoms with Gasteiger partial charge < -0.3 is 4.90 Å². The lowest BCUT2D eigenvalue weighted by Gasteiger charge is -2.38. The van der Waals surface area contributed by atoms with E-state index in [0.717, 1.165) is 30.4 Å². The minimum absolute atomic E-state index is 0.117. The highest BCUT2D eigenvalue weighted by Gasteiger charge is 2.32. The molecule has 3 rings (SSSR count). The van der Waals surface area contributed by atoms with Crippen molar-refractivity contribution in [2.45, 2.75) is 32.1 Å². The van der Waals surface area contributed by atoms with Gasteiger partial charge in [-0.05, 0) is 43.7 Å². The molecule has 1 heterocycles. The van der Waals surface area contributed by atoms with Crippen LogP contribution in [0, 0.1) is 17.2 Å². The molecule has 5 nitrogen and oxygen atoms in total. The molecular formula is C17H23N3O2S. The molecule has 1 aromatic carbocycles. The van der Waals surface area contributed by atoms with Crippen LogP contribution in [0.2, 0.25) is 0 Å². The minimum atomic E-state index is -3.32. The van der Waals surface area contributed by atoms with Gasteiger partial charge in [0.15, 0.2) is 0 Å². The van der Waals surface area contributed by atoms with E-state index in [1.807, 2.05) is 24.3 Å². The number of para-hydroxylation sites is 2. The van der Waals surface area contributed by atoms with Crippen LogP contribution in [0.15, 0.2) is 24.3 Å². The third-order valence-electron chi connectivity index (χ3n) is 4.52. The summed E-state index contributed by atoms with van der Waals surface area (Å²) in [5.41, 5.74) is 1.84. The Morgan fingerprint density at radius 2 is 1.87 bits per heavy atom. The Hall–Kier alpha value is -1.74. The number of sulfonamides is 1. The fourth-order valence-corrected chi connectivity index (χ4v) is 4.69. The van der Waals surface area contributed by atoms with Gasteiger partial charge in [-0.2, -0.15) is 5.26 Å². The van der Waals surface area contributed by atoms with Gasteiger partial charge in [0.2, 0.25) is 10.0 Å². The summed E-state index contributed by atoms with van der Waals surface area (Å²) in [6.07, 6.45) is 4.18. The molecule has 6 heteroatoms. The Kier molecular flexibility index (Phi) is 4.76. The summed E-state index contributed by atoms with van der Waals surface area (Å²) in [5.74, 6) is 0.892. The number of nitriles is 1. The summed E-state index contributed by atoms with van der Waals surface area (Å²) in [7, 11) is -3.32. The molecule has 1 aliphatic carbocycles. The smallest absolute Gasteiger partial charge is 0.235 e. The van der Waals surface area contributed by atoms with Crippen molar-refractivity contribution in [3.05, 3.63) is 24.3 Å². The maximum absolute atomic E-state index is 12.7. The molecular weight excluding hydrogens is 310 g/mol. The van der Waals surface area contributed by atoms with Crippen molar-refractivity contribution in [3.8, 4) is 6.07 Å². The first kappa shape index (κ1) is 16.1. The van der Waals surface area contributed by atoms with E-state index in [-0.39, 0.29) is 5.75 Å². The van der Waals surface area contributed by atoms with Crippen LogP contribution in [0.5, 0.6) is 0 Å². The average molecular weight is 333 g/mol.